The van der Waals surface area contributed by atoms with Gasteiger partial charge in [0.1, 0.15) is 6.10 Å². The van der Waals surface area contributed by atoms with Gasteiger partial charge in [0.2, 0.25) is 0 Å². The Morgan fingerprint density at radius 3 is 2.70 bits per heavy atom. The second-order valence-electron chi connectivity index (χ2n) is 6.17. The Morgan fingerprint density at radius 1 is 1.15 bits per heavy atom. The molecule has 1 aromatic carbocycles. The summed E-state index contributed by atoms with van der Waals surface area (Å²) in [6, 6.07) is 9.49. The second-order valence-corrected chi connectivity index (χ2v) is 6.17. The molecule has 4 rings (SSSR count). The van der Waals surface area contributed by atoms with Gasteiger partial charge in [-0.15, -0.1) is 5.10 Å². The van der Waals surface area contributed by atoms with Crippen molar-refractivity contribution in [3.63, 3.8) is 0 Å². The van der Waals surface area contributed by atoms with Gasteiger partial charge in [-0.25, -0.2) is 14.4 Å². The van der Waals surface area contributed by atoms with E-state index in [4.69, 9.17) is 4.74 Å². The third kappa shape index (κ3) is 3.91. The Morgan fingerprint density at radius 2 is 1.93 bits per heavy atom. The highest BCUT2D eigenvalue weighted by molar-refractivity contribution is 5.92. The lowest BCUT2D eigenvalue weighted by atomic mass is 10.1. The van der Waals surface area contributed by atoms with Gasteiger partial charge in [0.05, 0.1) is 30.8 Å². The van der Waals surface area contributed by atoms with E-state index in [1.807, 2.05) is 30.3 Å². The molecule has 2 aromatic heterocycles. The van der Waals surface area contributed by atoms with Crippen LogP contribution in [0.1, 0.15) is 23.3 Å². The van der Waals surface area contributed by atoms with Crippen molar-refractivity contribution in [2.45, 2.75) is 18.9 Å². The van der Waals surface area contributed by atoms with Gasteiger partial charge in [0, 0.05) is 6.54 Å². The number of ether oxygens (including phenoxy) is 1. The molecule has 8 nitrogen and oxygen atoms in total. The Kier molecular flexibility index (Phi) is 4.73. The third-order valence-electron chi connectivity index (χ3n) is 4.23. The van der Waals surface area contributed by atoms with Crippen molar-refractivity contribution in [3.8, 4) is 11.7 Å². The van der Waals surface area contributed by atoms with Crippen molar-refractivity contribution in [2.75, 3.05) is 13.1 Å². The molecule has 1 aliphatic heterocycles. The predicted octanol–water partition coefficient (Wildman–Crippen LogP) is 1.88. The van der Waals surface area contributed by atoms with E-state index in [2.05, 4.69) is 20.2 Å². The van der Waals surface area contributed by atoms with Gasteiger partial charge in [-0.3, -0.25) is 4.79 Å². The zero-order valence-electron chi connectivity index (χ0n) is 14.4. The lowest BCUT2D eigenvalue weighted by Gasteiger charge is -2.31. The minimum atomic E-state index is -0.524. The first-order valence-electron chi connectivity index (χ1n) is 8.60. The van der Waals surface area contributed by atoms with Gasteiger partial charge in [0.15, 0.2) is 11.5 Å². The molecule has 3 aromatic rings. The van der Waals surface area contributed by atoms with Crippen LogP contribution in [0.15, 0.2) is 48.9 Å². The average molecular weight is 368 g/mol. The summed E-state index contributed by atoms with van der Waals surface area (Å²) in [5, 5.41) is 8.45. The van der Waals surface area contributed by atoms with E-state index < -0.39 is 5.82 Å². The summed E-state index contributed by atoms with van der Waals surface area (Å²) in [7, 11) is 0. The van der Waals surface area contributed by atoms with Crippen molar-refractivity contribution >= 4 is 5.91 Å². The van der Waals surface area contributed by atoms with Gasteiger partial charge in [-0.1, -0.05) is 18.2 Å². The lowest BCUT2D eigenvalue weighted by molar-refractivity contribution is 0.0510. The Bertz CT molecular complexity index is 915. The SMILES string of the molecule is O=C(c1cnn(-c2ccccc2)n1)N1CCC[C@H](Oc2ncc(F)cn2)C1. The van der Waals surface area contributed by atoms with Crippen molar-refractivity contribution < 1.29 is 13.9 Å². The number of piperidine rings is 1. The molecule has 0 saturated carbocycles. The third-order valence-corrected chi connectivity index (χ3v) is 4.23. The van der Waals surface area contributed by atoms with Crippen LogP contribution in [0.5, 0.6) is 6.01 Å². The van der Waals surface area contributed by atoms with Crippen LogP contribution in [0.25, 0.3) is 5.69 Å². The highest BCUT2D eigenvalue weighted by atomic mass is 19.1. The topological polar surface area (TPSA) is 86.0 Å². The molecule has 0 N–H and O–H groups in total. The van der Waals surface area contributed by atoms with Crippen molar-refractivity contribution in [3.05, 3.63) is 60.4 Å². The summed E-state index contributed by atoms with van der Waals surface area (Å²) in [5.74, 6) is -0.727. The maximum Gasteiger partial charge on any atom is 0.316 e. The first kappa shape index (κ1) is 17.1. The first-order chi connectivity index (χ1) is 13.2. The summed E-state index contributed by atoms with van der Waals surface area (Å²) >= 11 is 0. The number of nitrogens with zero attached hydrogens (tertiary/aromatic N) is 6. The highest BCUT2D eigenvalue weighted by Gasteiger charge is 2.27. The molecule has 1 aliphatic rings. The lowest BCUT2D eigenvalue weighted by Crippen LogP contribution is -2.44. The van der Waals surface area contributed by atoms with Gasteiger partial charge < -0.3 is 9.64 Å². The van der Waals surface area contributed by atoms with E-state index in [0.29, 0.717) is 13.1 Å². The predicted molar refractivity (Wildman–Crippen MR) is 92.9 cm³/mol. The van der Waals surface area contributed by atoms with Crippen LogP contribution in [0.3, 0.4) is 0 Å². The Hall–Kier alpha value is -3.36. The van der Waals surface area contributed by atoms with E-state index in [-0.39, 0.29) is 23.7 Å². The van der Waals surface area contributed by atoms with E-state index in [1.165, 1.54) is 11.0 Å². The van der Waals surface area contributed by atoms with Crippen molar-refractivity contribution in [1.82, 2.24) is 29.9 Å². The molecule has 1 amide bonds. The minimum absolute atomic E-state index is 0.103. The summed E-state index contributed by atoms with van der Waals surface area (Å²) in [6.07, 6.45) is 4.86. The minimum Gasteiger partial charge on any atom is -0.458 e. The van der Waals surface area contributed by atoms with Crippen LogP contribution in [0.4, 0.5) is 4.39 Å². The maximum absolute atomic E-state index is 12.9. The number of carbonyl (C=O) groups excluding carboxylic acids is 1. The molecule has 1 fully saturated rings. The van der Waals surface area contributed by atoms with Crippen LogP contribution in [-0.4, -0.2) is 55.0 Å². The smallest absolute Gasteiger partial charge is 0.316 e. The average Bonchev–Trinajstić information content (AvgIpc) is 3.20. The number of hydrogen-bond acceptors (Lipinski definition) is 6. The fraction of sp³-hybridized carbons (Fsp3) is 0.278. The second kappa shape index (κ2) is 7.48. The quantitative estimate of drug-likeness (QED) is 0.699. The molecule has 0 radical (unpaired) electrons. The van der Waals surface area contributed by atoms with Crippen LogP contribution in [0, 0.1) is 5.82 Å². The fourth-order valence-electron chi connectivity index (χ4n) is 2.94. The standard InChI is InChI=1S/C18H17FN6O2/c19-13-9-20-18(21-10-13)27-15-7-4-8-24(12-15)17(26)16-11-22-25(23-16)14-5-2-1-3-6-14/h1-3,5-6,9-11,15H,4,7-8,12H2/t15-/m0/s1. The van der Waals surface area contributed by atoms with Gasteiger partial charge in [0.25, 0.3) is 5.91 Å². The summed E-state index contributed by atoms with van der Waals surface area (Å²) < 4.78 is 18.6. The fourth-order valence-corrected chi connectivity index (χ4v) is 2.94. The van der Waals surface area contributed by atoms with Crippen molar-refractivity contribution in [2.24, 2.45) is 0 Å². The molecule has 27 heavy (non-hydrogen) atoms. The first-order valence-corrected chi connectivity index (χ1v) is 8.60. The zero-order chi connectivity index (χ0) is 18.6. The summed E-state index contributed by atoms with van der Waals surface area (Å²) in [5.41, 5.74) is 1.06. The summed E-state index contributed by atoms with van der Waals surface area (Å²) in [6.45, 7) is 0.999. The van der Waals surface area contributed by atoms with E-state index in [0.717, 1.165) is 30.9 Å². The maximum atomic E-state index is 12.9. The highest BCUT2D eigenvalue weighted by Crippen LogP contribution is 2.17. The molecular weight excluding hydrogens is 351 g/mol. The van der Waals surface area contributed by atoms with E-state index in [1.54, 1.807) is 4.90 Å². The number of amides is 1. The molecular formula is C18H17FN6O2. The molecule has 138 valence electrons. The van der Waals surface area contributed by atoms with Gasteiger partial charge in [-0.05, 0) is 25.0 Å². The van der Waals surface area contributed by atoms with Crippen LogP contribution in [-0.2, 0) is 0 Å². The monoisotopic (exact) mass is 368 g/mol. The normalized spacial score (nSPS) is 16.9. The number of carbonyl (C=O) groups is 1. The van der Waals surface area contributed by atoms with Crippen LogP contribution < -0.4 is 4.74 Å². The number of hydrogen-bond donors (Lipinski definition) is 0. The van der Waals surface area contributed by atoms with Crippen LogP contribution >= 0.6 is 0 Å². The zero-order valence-corrected chi connectivity index (χ0v) is 14.4. The van der Waals surface area contributed by atoms with E-state index in [9.17, 15) is 9.18 Å². The number of rotatable bonds is 4. The Labute approximate surface area is 154 Å². The molecule has 9 heteroatoms. The molecule has 3 heterocycles. The van der Waals surface area contributed by atoms with Gasteiger partial charge >= 0.3 is 6.01 Å². The summed E-state index contributed by atoms with van der Waals surface area (Å²) in [4.78, 5) is 23.5. The Balaban J connectivity index is 1.43. The molecule has 1 atom stereocenters. The largest absolute Gasteiger partial charge is 0.458 e. The number of aromatic nitrogens is 5. The molecule has 0 bridgehead atoms. The molecule has 0 spiro atoms. The number of para-hydroxylation sites is 1. The van der Waals surface area contributed by atoms with Crippen molar-refractivity contribution in [1.29, 1.82) is 0 Å². The van der Waals surface area contributed by atoms with Gasteiger partial charge in [-0.2, -0.15) is 9.90 Å². The number of benzene rings is 1. The number of halogens is 1. The van der Waals surface area contributed by atoms with Crippen LogP contribution in [0.2, 0.25) is 0 Å². The molecule has 0 unspecified atom stereocenters. The number of likely N-dealkylation sites (tertiary alicyclic amines) is 1. The molecule has 1 saturated heterocycles. The van der Waals surface area contributed by atoms with E-state index >= 15 is 0 Å². The molecule has 0 aliphatic carbocycles.